The van der Waals surface area contributed by atoms with Crippen LogP contribution in [-0.2, 0) is 6.42 Å². The van der Waals surface area contributed by atoms with Gasteiger partial charge < -0.3 is 5.32 Å². The third kappa shape index (κ3) is 2.67. The molecule has 0 fully saturated rings. The second-order valence-corrected chi connectivity index (χ2v) is 5.24. The predicted molar refractivity (Wildman–Crippen MR) is 88.5 cm³/mol. The van der Waals surface area contributed by atoms with Gasteiger partial charge >= 0.3 is 0 Å². The van der Waals surface area contributed by atoms with Crippen molar-refractivity contribution in [3.05, 3.63) is 77.5 Å². The number of para-hydroxylation sites is 1. The monoisotopic (exact) mass is 276 g/mol. The fraction of sp³-hybridized carbons (Fsp3) is 0.211. The first-order valence-electron chi connectivity index (χ1n) is 7.43. The Hall–Kier alpha value is -2.19. The standard InChI is InChI=1S/C19H20N2/c1-3-14-8-4-6-10-17(14)19(20-2)16-12-15-9-5-7-11-18(15)21-13-16/h4-13,19-20H,3H2,1-2H3. The molecule has 3 rings (SSSR count). The summed E-state index contributed by atoms with van der Waals surface area (Å²) in [5, 5.41) is 4.62. The summed E-state index contributed by atoms with van der Waals surface area (Å²) in [7, 11) is 2.01. The number of aromatic nitrogens is 1. The lowest BCUT2D eigenvalue weighted by molar-refractivity contribution is 0.682. The molecule has 0 saturated carbocycles. The van der Waals surface area contributed by atoms with Crippen LogP contribution in [0.25, 0.3) is 10.9 Å². The first-order chi connectivity index (χ1) is 10.3. The molecule has 21 heavy (non-hydrogen) atoms. The number of hydrogen-bond acceptors (Lipinski definition) is 2. The van der Waals surface area contributed by atoms with Crippen molar-refractivity contribution in [3.8, 4) is 0 Å². The van der Waals surface area contributed by atoms with Crippen LogP contribution in [0.2, 0.25) is 0 Å². The van der Waals surface area contributed by atoms with Gasteiger partial charge in [-0.3, -0.25) is 4.98 Å². The van der Waals surface area contributed by atoms with Crippen LogP contribution in [-0.4, -0.2) is 12.0 Å². The molecule has 2 nitrogen and oxygen atoms in total. The van der Waals surface area contributed by atoms with E-state index in [1.807, 2.05) is 25.4 Å². The Morgan fingerprint density at radius 3 is 2.62 bits per heavy atom. The quantitative estimate of drug-likeness (QED) is 0.776. The van der Waals surface area contributed by atoms with Crippen LogP contribution >= 0.6 is 0 Å². The Bertz CT molecular complexity index is 749. The average molecular weight is 276 g/mol. The number of benzene rings is 2. The summed E-state index contributed by atoms with van der Waals surface area (Å²) < 4.78 is 0. The normalized spacial score (nSPS) is 12.5. The topological polar surface area (TPSA) is 24.9 Å². The van der Waals surface area contributed by atoms with Crippen LogP contribution in [0, 0.1) is 0 Å². The van der Waals surface area contributed by atoms with Gasteiger partial charge in [-0.15, -0.1) is 0 Å². The zero-order valence-electron chi connectivity index (χ0n) is 12.5. The number of fused-ring (bicyclic) bond motifs is 1. The smallest absolute Gasteiger partial charge is 0.0702 e. The molecule has 106 valence electrons. The lowest BCUT2D eigenvalue weighted by Crippen LogP contribution is -2.19. The molecule has 2 heteroatoms. The summed E-state index contributed by atoms with van der Waals surface area (Å²) in [5.74, 6) is 0. The predicted octanol–water partition coefficient (Wildman–Crippen LogP) is 4.11. The Kier molecular flexibility index (Phi) is 3.98. The molecule has 0 radical (unpaired) electrons. The molecule has 0 spiro atoms. The van der Waals surface area contributed by atoms with Gasteiger partial charge in [-0.1, -0.05) is 49.4 Å². The molecule has 1 N–H and O–H groups in total. The molecule has 0 aliphatic rings. The van der Waals surface area contributed by atoms with Crippen molar-refractivity contribution < 1.29 is 0 Å². The van der Waals surface area contributed by atoms with E-state index in [9.17, 15) is 0 Å². The van der Waals surface area contributed by atoms with Gasteiger partial charge in [-0.05, 0) is 42.3 Å². The molecular weight excluding hydrogens is 256 g/mol. The highest BCUT2D eigenvalue weighted by Crippen LogP contribution is 2.26. The van der Waals surface area contributed by atoms with Crippen molar-refractivity contribution in [2.24, 2.45) is 0 Å². The Morgan fingerprint density at radius 2 is 1.81 bits per heavy atom. The first kappa shape index (κ1) is 13.8. The maximum atomic E-state index is 4.59. The highest BCUT2D eigenvalue weighted by Gasteiger charge is 2.15. The largest absolute Gasteiger partial charge is 0.309 e. The van der Waals surface area contributed by atoms with Gasteiger partial charge in [0.25, 0.3) is 0 Å². The molecule has 2 aromatic carbocycles. The number of pyridine rings is 1. The number of rotatable bonds is 4. The van der Waals surface area contributed by atoms with Gasteiger partial charge in [0.1, 0.15) is 0 Å². The maximum absolute atomic E-state index is 4.59. The van der Waals surface area contributed by atoms with E-state index in [-0.39, 0.29) is 6.04 Å². The number of nitrogens with one attached hydrogen (secondary N) is 1. The van der Waals surface area contributed by atoms with Crippen molar-refractivity contribution in [2.45, 2.75) is 19.4 Å². The summed E-state index contributed by atoms with van der Waals surface area (Å²) in [5.41, 5.74) is 4.96. The van der Waals surface area contributed by atoms with Gasteiger partial charge in [0, 0.05) is 11.6 Å². The van der Waals surface area contributed by atoms with Crippen LogP contribution in [0.4, 0.5) is 0 Å². The minimum Gasteiger partial charge on any atom is -0.309 e. The van der Waals surface area contributed by atoms with Crippen molar-refractivity contribution in [1.29, 1.82) is 0 Å². The van der Waals surface area contributed by atoms with E-state index in [0.29, 0.717) is 0 Å². The molecule has 1 aromatic heterocycles. The average Bonchev–Trinajstić information content (AvgIpc) is 2.56. The van der Waals surface area contributed by atoms with Gasteiger partial charge in [-0.25, -0.2) is 0 Å². The van der Waals surface area contributed by atoms with Crippen LogP contribution in [0.15, 0.2) is 60.8 Å². The Labute approximate surface area is 125 Å². The van der Waals surface area contributed by atoms with E-state index in [1.165, 1.54) is 22.1 Å². The fourth-order valence-electron chi connectivity index (χ4n) is 2.89. The lowest BCUT2D eigenvalue weighted by Gasteiger charge is -2.20. The summed E-state index contributed by atoms with van der Waals surface area (Å²) >= 11 is 0. The van der Waals surface area contributed by atoms with Crippen molar-refractivity contribution >= 4 is 10.9 Å². The number of nitrogens with zero attached hydrogens (tertiary/aromatic N) is 1. The summed E-state index contributed by atoms with van der Waals surface area (Å²) in [6, 6.07) is 19.3. The lowest BCUT2D eigenvalue weighted by atomic mass is 9.93. The van der Waals surface area contributed by atoms with E-state index < -0.39 is 0 Å². The molecule has 1 heterocycles. The third-order valence-corrected chi connectivity index (χ3v) is 3.98. The number of hydrogen-bond donors (Lipinski definition) is 1. The van der Waals surface area contributed by atoms with Gasteiger partial charge in [-0.2, -0.15) is 0 Å². The molecule has 1 unspecified atom stereocenters. The Balaban J connectivity index is 2.09. The van der Waals surface area contributed by atoms with Gasteiger partial charge in [0.2, 0.25) is 0 Å². The van der Waals surface area contributed by atoms with Gasteiger partial charge in [0.15, 0.2) is 0 Å². The minimum absolute atomic E-state index is 0.179. The molecule has 1 atom stereocenters. The first-order valence-corrected chi connectivity index (χ1v) is 7.43. The SMILES string of the molecule is CCc1ccccc1C(NC)c1cnc2ccccc2c1. The van der Waals surface area contributed by atoms with Crippen LogP contribution in [0.3, 0.4) is 0 Å². The zero-order valence-corrected chi connectivity index (χ0v) is 12.5. The van der Waals surface area contributed by atoms with Crippen LogP contribution in [0.5, 0.6) is 0 Å². The summed E-state index contributed by atoms with van der Waals surface area (Å²) in [6.07, 6.45) is 3.02. The van der Waals surface area contributed by atoms with Crippen molar-refractivity contribution in [3.63, 3.8) is 0 Å². The zero-order chi connectivity index (χ0) is 14.7. The van der Waals surface area contributed by atoms with Gasteiger partial charge in [0.05, 0.1) is 11.6 Å². The molecule has 0 amide bonds. The molecule has 0 bridgehead atoms. The van der Waals surface area contributed by atoms with Crippen molar-refractivity contribution in [1.82, 2.24) is 10.3 Å². The van der Waals surface area contributed by atoms with E-state index in [0.717, 1.165) is 11.9 Å². The van der Waals surface area contributed by atoms with Crippen molar-refractivity contribution in [2.75, 3.05) is 7.05 Å². The Morgan fingerprint density at radius 1 is 1.05 bits per heavy atom. The third-order valence-electron chi connectivity index (χ3n) is 3.98. The van der Waals surface area contributed by atoms with E-state index >= 15 is 0 Å². The van der Waals surface area contributed by atoms with E-state index in [2.05, 4.69) is 59.7 Å². The fourth-order valence-corrected chi connectivity index (χ4v) is 2.89. The van der Waals surface area contributed by atoms with E-state index in [1.54, 1.807) is 0 Å². The molecule has 0 aliphatic heterocycles. The maximum Gasteiger partial charge on any atom is 0.0702 e. The second kappa shape index (κ2) is 6.06. The minimum atomic E-state index is 0.179. The van der Waals surface area contributed by atoms with E-state index in [4.69, 9.17) is 0 Å². The second-order valence-electron chi connectivity index (χ2n) is 5.24. The number of aryl methyl sites for hydroxylation is 1. The molecule has 3 aromatic rings. The van der Waals surface area contributed by atoms with Crippen LogP contribution < -0.4 is 5.32 Å². The highest BCUT2D eigenvalue weighted by atomic mass is 14.9. The molecular formula is C19H20N2. The molecule has 0 aliphatic carbocycles. The molecule has 0 saturated heterocycles. The summed E-state index contributed by atoms with van der Waals surface area (Å²) in [6.45, 7) is 2.20. The highest BCUT2D eigenvalue weighted by molar-refractivity contribution is 5.79. The van der Waals surface area contributed by atoms with Crippen LogP contribution in [0.1, 0.15) is 29.7 Å². The summed E-state index contributed by atoms with van der Waals surface area (Å²) in [4.78, 5) is 4.59.